The van der Waals surface area contributed by atoms with E-state index < -0.39 is 0 Å². The molecule has 1 atom stereocenters. The molecule has 2 rings (SSSR count). The van der Waals surface area contributed by atoms with Gasteiger partial charge in [0, 0.05) is 12.1 Å². The third-order valence-corrected chi connectivity index (χ3v) is 3.76. The molecule has 0 spiro atoms. The lowest BCUT2D eigenvalue weighted by atomic mass is 10.1. The molecule has 0 aromatic carbocycles. The Morgan fingerprint density at radius 1 is 1.47 bits per heavy atom. The third-order valence-electron chi connectivity index (χ3n) is 2.94. The summed E-state index contributed by atoms with van der Waals surface area (Å²) in [7, 11) is 0. The van der Waals surface area contributed by atoms with Crippen molar-refractivity contribution < 1.29 is 0 Å². The first-order valence-electron chi connectivity index (χ1n) is 6.54. The van der Waals surface area contributed by atoms with E-state index in [1.54, 1.807) is 10.9 Å². The highest BCUT2D eigenvalue weighted by Gasteiger charge is 2.12. The number of thiophene rings is 1. The van der Waals surface area contributed by atoms with Gasteiger partial charge in [-0.1, -0.05) is 6.92 Å². The van der Waals surface area contributed by atoms with Crippen LogP contribution >= 0.6 is 11.3 Å². The van der Waals surface area contributed by atoms with Crippen LogP contribution in [0.5, 0.6) is 0 Å². The summed E-state index contributed by atoms with van der Waals surface area (Å²) in [4.78, 5) is 17.4. The molecule has 2 aromatic heterocycles. The van der Waals surface area contributed by atoms with E-state index in [9.17, 15) is 4.79 Å². The van der Waals surface area contributed by atoms with E-state index in [1.165, 1.54) is 11.3 Å². The molecule has 0 aliphatic rings. The smallest absolute Gasteiger partial charge is 0.262 e. The predicted octanol–water partition coefficient (Wildman–Crippen LogP) is 2.48. The van der Waals surface area contributed by atoms with Crippen molar-refractivity contribution in [2.24, 2.45) is 5.92 Å². The number of nitrogens with zero attached hydrogens (tertiary/aromatic N) is 2. The lowest BCUT2D eigenvalue weighted by molar-refractivity contribution is 0.357. The van der Waals surface area contributed by atoms with Gasteiger partial charge in [-0.25, -0.2) is 4.98 Å². The van der Waals surface area contributed by atoms with Gasteiger partial charge in [0.05, 0.1) is 11.7 Å². The van der Waals surface area contributed by atoms with Crippen molar-refractivity contribution in [1.82, 2.24) is 14.9 Å². The van der Waals surface area contributed by atoms with Crippen molar-refractivity contribution in [3.8, 4) is 0 Å². The van der Waals surface area contributed by atoms with E-state index in [0.717, 1.165) is 16.8 Å². The number of rotatable bonds is 4. The molecular formula is C14H21N3OS. The fourth-order valence-corrected chi connectivity index (χ4v) is 2.63. The first-order valence-corrected chi connectivity index (χ1v) is 7.42. The van der Waals surface area contributed by atoms with E-state index in [4.69, 9.17) is 0 Å². The fourth-order valence-electron chi connectivity index (χ4n) is 1.90. The maximum Gasteiger partial charge on any atom is 0.262 e. The fraction of sp³-hybridized carbons (Fsp3) is 0.571. The van der Waals surface area contributed by atoms with Crippen LogP contribution in [-0.2, 0) is 6.54 Å². The van der Waals surface area contributed by atoms with Crippen molar-refractivity contribution in [2.75, 3.05) is 6.54 Å². The number of hydrogen-bond donors (Lipinski definition) is 1. The maximum atomic E-state index is 12.2. The van der Waals surface area contributed by atoms with Crippen LogP contribution in [0.2, 0.25) is 0 Å². The highest BCUT2D eigenvalue weighted by Crippen LogP contribution is 2.13. The molecular weight excluding hydrogens is 258 g/mol. The Morgan fingerprint density at radius 3 is 2.89 bits per heavy atom. The summed E-state index contributed by atoms with van der Waals surface area (Å²) >= 11 is 1.51. The minimum absolute atomic E-state index is 0.0638. The van der Waals surface area contributed by atoms with Crippen LogP contribution in [0.3, 0.4) is 0 Å². The quantitative estimate of drug-likeness (QED) is 0.935. The Labute approximate surface area is 117 Å². The molecule has 0 amide bonds. The Balaban J connectivity index is 2.09. The normalized spacial score (nSPS) is 13.9. The van der Waals surface area contributed by atoms with Gasteiger partial charge in [0.25, 0.3) is 5.56 Å². The number of hydrogen-bond acceptors (Lipinski definition) is 4. The Kier molecular flexibility index (Phi) is 4.06. The van der Waals surface area contributed by atoms with E-state index >= 15 is 0 Å². The van der Waals surface area contributed by atoms with Crippen molar-refractivity contribution in [3.05, 3.63) is 28.1 Å². The van der Waals surface area contributed by atoms with Gasteiger partial charge in [0.1, 0.15) is 4.83 Å². The molecule has 5 heteroatoms. The highest BCUT2D eigenvalue weighted by molar-refractivity contribution is 7.16. The summed E-state index contributed by atoms with van der Waals surface area (Å²) in [6.07, 6.45) is 1.66. The van der Waals surface area contributed by atoms with Crippen molar-refractivity contribution >= 4 is 21.6 Å². The SMILES string of the molecule is CC(CNC(C)(C)C)Cn1cnc2sccc2c1=O. The highest BCUT2D eigenvalue weighted by atomic mass is 32.1. The van der Waals surface area contributed by atoms with E-state index in [-0.39, 0.29) is 11.1 Å². The summed E-state index contributed by atoms with van der Waals surface area (Å²) in [6.45, 7) is 10.2. The predicted molar refractivity (Wildman–Crippen MR) is 80.8 cm³/mol. The van der Waals surface area contributed by atoms with Gasteiger partial charge in [-0.3, -0.25) is 9.36 Å². The third kappa shape index (κ3) is 3.64. The lowest BCUT2D eigenvalue weighted by Crippen LogP contribution is -2.40. The molecule has 0 saturated carbocycles. The molecule has 0 fully saturated rings. The van der Waals surface area contributed by atoms with Crippen LogP contribution in [0.15, 0.2) is 22.6 Å². The molecule has 19 heavy (non-hydrogen) atoms. The zero-order valence-electron chi connectivity index (χ0n) is 11.9. The molecule has 1 N–H and O–H groups in total. The van der Waals surface area contributed by atoms with Gasteiger partial charge in [-0.2, -0.15) is 0 Å². The van der Waals surface area contributed by atoms with Crippen molar-refractivity contribution in [1.29, 1.82) is 0 Å². The molecule has 0 aliphatic carbocycles. The van der Waals surface area contributed by atoms with Crippen LogP contribution in [0.25, 0.3) is 10.2 Å². The Morgan fingerprint density at radius 2 is 2.21 bits per heavy atom. The van der Waals surface area contributed by atoms with Gasteiger partial charge in [-0.15, -0.1) is 11.3 Å². The van der Waals surface area contributed by atoms with E-state index in [2.05, 4.69) is 38.0 Å². The van der Waals surface area contributed by atoms with Gasteiger partial charge in [0.2, 0.25) is 0 Å². The molecule has 1 unspecified atom stereocenters. The second-order valence-electron chi connectivity index (χ2n) is 6.08. The topological polar surface area (TPSA) is 46.9 Å². The zero-order chi connectivity index (χ0) is 14.0. The standard InChI is InChI=1S/C14H21N3OS/c1-10(7-16-14(2,3)4)8-17-9-15-12-11(13(17)18)5-6-19-12/h5-6,9-10,16H,7-8H2,1-4H3. The molecule has 0 bridgehead atoms. The van der Waals surface area contributed by atoms with Crippen LogP contribution in [0.1, 0.15) is 27.7 Å². The van der Waals surface area contributed by atoms with E-state index in [1.807, 2.05) is 11.4 Å². The largest absolute Gasteiger partial charge is 0.312 e. The van der Waals surface area contributed by atoms with Crippen LogP contribution in [-0.4, -0.2) is 21.6 Å². The van der Waals surface area contributed by atoms with Gasteiger partial charge >= 0.3 is 0 Å². The van der Waals surface area contributed by atoms with E-state index in [0.29, 0.717) is 12.5 Å². The van der Waals surface area contributed by atoms with Crippen LogP contribution in [0.4, 0.5) is 0 Å². The molecule has 4 nitrogen and oxygen atoms in total. The molecule has 2 aromatic rings. The summed E-state index contributed by atoms with van der Waals surface area (Å²) in [5, 5.41) is 6.10. The summed E-state index contributed by atoms with van der Waals surface area (Å²) in [5.74, 6) is 0.384. The van der Waals surface area contributed by atoms with Gasteiger partial charge in [-0.05, 0) is 44.7 Å². The molecule has 0 radical (unpaired) electrons. The molecule has 104 valence electrons. The summed E-state index contributed by atoms with van der Waals surface area (Å²) in [6, 6.07) is 1.85. The van der Waals surface area contributed by atoms with Gasteiger partial charge in [0.15, 0.2) is 0 Å². The first kappa shape index (κ1) is 14.2. The number of nitrogens with one attached hydrogen (secondary N) is 1. The monoisotopic (exact) mass is 279 g/mol. The Hall–Kier alpha value is -1.20. The average Bonchev–Trinajstić information content (AvgIpc) is 2.78. The second-order valence-corrected chi connectivity index (χ2v) is 6.97. The van der Waals surface area contributed by atoms with Crippen LogP contribution in [0, 0.1) is 5.92 Å². The summed E-state index contributed by atoms with van der Waals surface area (Å²) < 4.78 is 1.71. The van der Waals surface area contributed by atoms with Crippen molar-refractivity contribution in [3.63, 3.8) is 0 Å². The minimum atomic E-state index is 0.0638. The zero-order valence-corrected chi connectivity index (χ0v) is 12.8. The first-order chi connectivity index (χ1) is 8.87. The van der Waals surface area contributed by atoms with Crippen LogP contribution < -0.4 is 10.9 Å². The minimum Gasteiger partial charge on any atom is -0.312 e. The molecule has 2 heterocycles. The van der Waals surface area contributed by atoms with Gasteiger partial charge < -0.3 is 5.32 Å². The maximum absolute atomic E-state index is 12.2. The average molecular weight is 279 g/mol. The van der Waals surface area contributed by atoms with Crippen molar-refractivity contribution in [2.45, 2.75) is 39.8 Å². The molecule has 0 aliphatic heterocycles. The number of fused-ring (bicyclic) bond motifs is 1. The summed E-state index contributed by atoms with van der Waals surface area (Å²) in [5.41, 5.74) is 0.170. The number of aromatic nitrogens is 2. The Bertz CT molecular complexity index is 609. The molecule has 0 saturated heterocycles. The second kappa shape index (κ2) is 5.43. The lowest BCUT2D eigenvalue weighted by Gasteiger charge is -2.23.